The van der Waals surface area contributed by atoms with Gasteiger partial charge in [0.1, 0.15) is 17.1 Å². The predicted molar refractivity (Wildman–Crippen MR) is 46.9 cm³/mol. The van der Waals surface area contributed by atoms with Crippen LogP contribution in [0, 0.1) is 5.82 Å². The van der Waals surface area contributed by atoms with Crippen molar-refractivity contribution in [3.63, 3.8) is 0 Å². The standard InChI is InChI=1S/C9H8FNO3/c1-14-8-5(4-12)2-3-6(10)7(8)9(11)13/h2-4H,1H3,(H2,11,13). The number of carbonyl (C=O) groups is 2. The largest absolute Gasteiger partial charge is 0.495 e. The molecule has 14 heavy (non-hydrogen) atoms. The first-order chi connectivity index (χ1) is 6.61. The van der Waals surface area contributed by atoms with Crippen molar-refractivity contribution in [2.45, 2.75) is 0 Å². The van der Waals surface area contributed by atoms with Gasteiger partial charge in [-0.25, -0.2) is 4.39 Å². The maximum absolute atomic E-state index is 13.1. The lowest BCUT2D eigenvalue weighted by molar-refractivity contribution is 0.0993. The molecule has 1 aromatic carbocycles. The summed E-state index contributed by atoms with van der Waals surface area (Å²) in [6.07, 6.45) is 0.463. The van der Waals surface area contributed by atoms with Gasteiger partial charge in [0.25, 0.3) is 5.91 Å². The van der Waals surface area contributed by atoms with Crippen molar-refractivity contribution in [1.82, 2.24) is 0 Å². The van der Waals surface area contributed by atoms with Gasteiger partial charge < -0.3 is 10.5 Å². The Morgan fingerprint density at radius 3 is 2.64 bits per heavy atom. The van der Waals surface area contributed by atoms with Crippen LogP contribution in [0.3, 0.4) is 0 Å². The fraction of sp³-hybridized carbons (Fsp3) is 0.111. The van der Waals surface area contributed by atoms with Gasteiger partial charge in [-0.05, 0) is 12.1 Å². The number of methoxy groups -OCH3 is 1. The van der Waals surface area contributed by atoms with Crippen LogP contribution in [0.1, 0.15) is 20.7 Å². The quantitative estimate of drug-likeness (QED) is 0.726. The Morgan fingerprint density at radius 2 is 2.21 bits per heavy atom. The molecule has 5 heteroatoms. The van der Waals surface area contributed by atoms with Crippen LogP contribution in [0.25, 0.3) is 0 Å². The van der Waals surface area contributed by atoms with Crippen LogP contribution < -0.4 is 10.5 Å². The molecule has 0 fully saturated rings. The molecule has 0 bridgehead atoms. The Labute approximate surface area is 79.5 Å². The van der Waals surface area contributed by atoms with E-state index < -0.39 is 17.3 Å². The Bertz CT molecular complexity index is 390. The van der Waals surface area contributed by atoms with E-state index >= 15 is 0 Å². The number of primary amides is 1. The minimum Gasteiger partial charge on any atom is -0.495 e. The van der Waals surface area contributed by atoms with Crippen molar-refractivity contribution in [3.8, 4) is 5.75 Å². The Kier molecular flexibility index (Phi) is 2.81. The van der Waals surface area contributed by atoms with Gasteiger partial charge in [0.15, 0.2) is 6.29 Å². The Hall–Kier alpha value is -1.91. The molecule has 0 aliphatic heterocycles. The highest BCUT2D eigenvalue weighted by molar-refractivity contribution is 5.99. The third-order valence-corrected chi connectivity index (χ3v) is 1.71. The van der Waals surface area contributed by atoms with Crippen molar-refractivity contribution in [1.29, 1.82) is 0 Å². The lowest BCUT2D eigenvalue weighted by Gasteiger charge is -2.08. The zero-order valence-electron chi connectivity index (χ0n) is 7.41. The summed E-state index contributed by atoms with van der Waals surface area (Å²) in [6.45, 7) is 0. The minimum atomic E-state index is -0.969. The highest BCUT2D eigenvalue weighted by Gasteiger charge is 2.18. The molecular weight excluding hydrogens is 189 g/mol. The Morgan fingerprint density at radius 1 is 1.57 bits per heavy atom. The molecule has 1 aromatic rings. The fourth-order valence-electron chi connectivity index (χ4n) is 1.12. The number of benzene rings is 1. The zero-order chi connectivity index (χ0) is 10.7. The first-order valence-electron chi connectivity index (χ1n) is 3.73. The fourth-order valence-corrected chi connectivity index (χ4v) is 1.12. The van der Waals surface area contributed by atoms with E-state index in [9.17, 15) is 14.0 Å². The molecule has 0 aliphatic rings. The number of amides is 1. The number of nitrogens with two attached hydrogens (primary N) is 1. The molecule has 0 radical (unpaired) electrons. The molecule has 0 spiro atoms. The SMILES string of the molecule is COc1c(C=O)ccc(F)c1C(N)=O. The van der Waals surface area contributed by atoms with Crippen LogP contribution in [-0.4, -0.2) is 19.3 Å². The number of halogens is 1. The van der Waals surface area contributed by atoms with Gasteiger partial charge in [-0.1, -0.05) is 0 Å². The molecule has 4 nitrogen and oxygen atoms in total. The molecule has 0 unspecified atom stereocenters. The Balaban J connectivity index is 3.50. The number of ether oxygens (including phenoxy) is 1. The lowest BCUT2D eigenvalue weighted by Crippen LogP contribution is -2.15. The molecule has 0 aromatic heterocycles. The van der Waals surface area contributed by atoms with E-state index in [-0.39, 0.29) is 11.3 Å². The molecule has 2 N–H and O–H groups in total. The van der Waals surface area contributed by atoms with Gasteiger partial charge in [-0.15, -0.1) is 0 Å². The molecule has 1 amide bonds. The predicted octanol–water partition coefficient (Wildman–Crippen LogP) is 0.746. The lowest BCUT2D eigenvalue weighted by atomic mass is 10.1. The van der Waals surface area contributed by atoms with E-state index in [1.807, 2.05) is 0 Å². The zero-order valence-corrected chi connectivity index (χ0v) is 7.41. The highest BCUT2D eigenvalue weighted by atomic mass is 19.1. The van der Waals surface area contributed by atoms with Gasteiger partial charge in [0, 0.05) is 0 Å². The molecular formula is C9H8FNO3. The van der Waals surface area contributed by atoms with Crippen molar-refractivity contribution in [3.05, 3.63) is 29.1 Å². The third-order valence-electron chi connectivity index (χ3n) is 1.71. The number of hydrogen-bond donors (Lipinski definition) is 1. The number of hydrogen-bond acceptors (Lipinski definition) is 3. The van der Waals surface area contributed by atoms with Crippen LogP contribution in [0.15, 0.2) is 12.1 Å². The molecule has 0 saturated carbocycles. The monoisotopic (exact) mass is 197 g/mol. The second-order valence-electron chi connectivity index (χ2n) is 2.53. The highest BCUT2D eigenvalue weighted by Crippen LogP contribution is 2.24. The third kappa shape index (κ3) is 1.56. The maximum Gasteiger partial charge on any atom is 0.255 e. The van der Waals surface area contributed by atoms with Gasteiger partial charge in [-0.3, -0.25) is 9.59 Å². The molecule has 1 rings (SSSR count). The van der Waals surface area contributed by atoms with Crippen LogP contribution >= 0.6 is 0 Å². The van der Waals surface area contributed by atoms with E-state index in [1.165, 1.54) is 13.2 Å². The van der Waals surface area contributed by atoms with Crippen molar-refractivity contribution in [2.24, 2.45) is 5.73 Å². The molecule has 0 aliphatic carbocycles. The van der Waals surface area contributed by atoms with Gasteiger partial charge in [-0.2, -0.15) is 0 Å². The number of carbonyl (C=O) groups excluding carboxylic acids is 2. The molecule has 0 atom stereocenters. The number of aldehydes is 1. The average Bonchev–Trinajstić information content (AvgIpc) is 2.16. The van der Waals surface area contributed by atoms with Crippen molar-refractivity contribution >= 4 is 12.2 Å². The summed E-state index contributed by atoms with van der Waals surface area (Å²) in [5.41, 5.74) is 4.62. The van der Waals surface area contributed by atoms with Crippen LogP contribution in [-0.2, 0) is 0 Å². The first kappa shape index (κ1) is 10.2. The summed E-state index contributed by atoms with van der Waals surface area (Å²) >= 11 is 0. The van der Waals surface area contributed by atoms with E-state index in [4.69, 9.17) is 10.5 Å². The first-order valence-corrected chi connectivity index (χ1v) is 3.73. The molecule has 74 valence electrons. The molecule has 0 heterocycles. The topological polar surface area (TPSA) is 69.4 Å². The minimum absolute atomic E-state index is 0.0858. The normalized spacial score (nSPS) is 9.57. The van der Waals surface area contributed by atoms with E-state index in [1.54, 1.807) is 0 Å². The molecule has 0 saturated heterocycles. The summed E-state index contributed by atoms with van der Waals surface area (Å²) in [5, 5.41) is 0. The van der Waals surface area contributed by atoms with E-state index in [2.05, 4.69) is 0 Å². The van der Waals surface area contributed by atoms with Gasteiger partial charge >= 0.3 is 0 Å². The second kappa shape index (κ2) is 3.87. The van der Waals surface area contributed by atoms with Gasteiger partial charge in [0.2, 0.25) is 0 Å². The van der Waals surface area contributed by atoms with Crippen LogP contribution in [0.5, 0.6) is 5.75 Å². The maximum atomic E-state index is 13.1. The summed E-state index contributed by atoms with van der Waals surface area (Å²) in [7, 11) is 1.23. The van der Waals surface area contributed by atoms with Crippen molar-refractivity contribution < 1.29 is 18.7 Å². The smallest absolute Gasteiger partial charge is 0.255 e. The summed E-state index contributed by atoms with van der Waals surface area (Å²) in [5.74, 6) is -1.91. The van der Waals surface area contributed by atoms with Gasteiger partial charge in [0.05, 0.1) is 12.7 Å². The second-order valence-corrected chi connectivity index (χ2v) is 2.53. The van der Waals surface area contributed by atoms with E-state index in [0.717, 1.165) is 6.07 Å². The average molecular weight is 197 g/mol. The van der Waals surface area contributed by atoms with Crippen molar-refractivity contribution in [2.75, 3.05) is 7.11 Å². The van der Waals surface area contributed by atoms with Crippen LogP contribution in [0.4, 0.5) is 4.39 Å². The number of rotatable bonds is 3. The summed E-state index contributed by atoms with van der Waals surface area (Å²) in [4.78, 5) is 21.4. The van der Waals surface area contributed by atoms with Crippen LogP contribution in [0.2, 0.25) is 0 Å². The van der Waals surface area contributed by atoms with E-state index in [0.29, 0.717) is 6.29 Å². The summed E-state index contributed by atoms with van der Waals surface area (Å²) < 4.78 is 17.8. The summed E-state index contributed by atoms with van der Waals surface area (Å²) in [6, 6.07) is 2.21.